The molecule has 2 aromatic carbocycles. The third-order valence-corrected chi connectivity index (χ3v) is 5.87. The molecular formula is C28H36O7. The summed E-state index contributed by atoms with van der Waals surface area (Å²) in [7, 11) is 0. The second-order valence-electron chi connectivity index (χ2n) is 10.3. The number of carbonyl (C=O) groups excluding carboxylic acids is 2. The minimum absolute atomic E-state index is 0.173. The third kappa shape index (κ3) is 6.48. The van der Waals surface area contributed by atoms with Crippen molar-refractivity contribution >= 4 is 17.9 Å². The molecule has 0 saturated carbocycles. The number of esters is 2. The van der Waals surface area contributed by atoms with Crippen LogP contribution in [0.25, 0.3) is 0 Å². The van der Waals surface area contributed by atoms with E-state index in [1.807, 2.05) is 6.07 Å². The number of benzene rings is 2. The van der Waals surface area contributed by atoms with Crippen LogP contribution in [0.5, 0.6) is 0 Å². The Morgan fingerprint density at radius 2 is 1.37 bits per heavy atom. The molecule has 0 bridgehead atoms. The van der Waals surface area contributed by atoms with Crippen molar-refractivity contribution in [1.82, 2.24) is 0 Å². The Morgan fingerprint density at radius 1 is 0.857 bits per heavy atom. The summed E-state index contributed by atoms with van der Waals surface area (Å²) in [5.74, 6) is -3.91. The lowest BCUT2D eigenvalue weighted by atomic mass is 9.57. The molecule has 0 heterocycles. The zero-order valence-corrected chi connectivity index (χ0v) is 21.1. The number of hydrogen-bond acceptors (Lipinski definition) is 6. The highest BCUT2D eigenvalue weighted by molar-refractivity contribution is 6.05. The summed E-state index contributed by atoms with van der Waals surface area (Å²) in [5.41, 5.74) is -4.27. The van der Waals surface area contributed by atoms with Gasteiger partial charge in [0, 0.05) is 0 Å². The first-order valence-electron chi connectivity index (χ1n) is 11.7. The first kappa shape index (κ1) is 28.1. The van der Waals surface area contributed by atoms with Crippen molar-refractivity contribution in [2.24, 2.45) is 16.7 Å². The van der Waals surface area contributed by atoms with Gasteiger partial charge in [-0.05, 0) is 50.7 Å². The molecular weight excluding hydrogens is 448 g/mol. The van der Waals surface area contributed by atoms with Gasteiger partial charge in [-0.25, -0.2) is 0 Å². The van der Waals surface area contributed by atoms with Gasteiger partial charge in [0.2, 0.25) is 0 Å². The monoisotopic (exact) mass is 484 g/mol. The maximum absolute atomic E-state index is 13.8. The van der Waals surface area contributed by atoms with E-state index in [1.54, 1.807) is 89.2 Å². The number of carboxylic acids is 1. The molecule has 2 N–H and O–H groups in total. The average Bonchev–Trinajstić information content (AvgIpc) is 2.79. The largest absolute Gasteiger partial charge is 0.480 e. The zero-order chi connectivity index (χ0) is 26.3. The standard InChI is InChI=1S/C28H36O7/c1-20(2)16-28(23(30)31,25(33)34-18-22-14-10-7-11-15-22)27(19-29,24(32)35-26(3,4)5)17-21-12-8-6-9-13-21/h6-15,20,29H,16-19H2,1-5H3,(H,30,31)/t27?,28-/m1/s1. The van der Waals surface area contributed by atoms with E-state index in [2.05, 4.69) is 0 Å². The van der Waals surface area contributed by atoms with Crippen molar-refractivity contribution in [2.45, 2.75) is 59.7 Å². The lowest BCUT2D eigenvalue weighted by Gasteiger charge is -2.45. The summed E-state index contributed by atoms with van der Waals surface area (Å²) in [6.07, 6.45) is -0.457. The molecule has 0 spiro atoms. The van der Waals surface area contributed by atoms with Crippen LogP contribution in [0.3, 0.4) is 0 Å². The van der Waals surface area contributed by atoms with E-state index in [0.29, 0.717) is 11.1 Å². The molecule has 1 unspecified atom stereocenters. The first-order chi connectivity index (χ1) is 16.4. The van der Waals surface area contributed by atoms with E-state index in [4.69, 9.17) is 9.47 Å². The Balaban J connectivity index is 2.71. The van der Waals surface area contributed by atoms with Gasteiger partial charge in [-0.15, -0.1) is 0 Å². The van der Waals surface area contributed by atoms with Crippen LogP contribution in [-0.2, 0) is 36.9 Å². The van der Waals surface area contributed by atoms with Gasteiger partial charge in [0.05, 0.1) is 6.61 Å². The zero-order valence-electron chi connectivity index (χ0n) is 21.1. The molecule has 0 radical (unpaired) electrons. The van der Waals surface area contributed by atoms with E-state index in [9.17, 15) is 24.6 Å². The number of aliphatic hydroxyl groups excluding tert-OH is 1. The van der Waals surface area contributed by atoms with Crippen LogP contribution in [0, 0.1) is 16.7 Å². The van der Waals surface area contributed by atoms with Gasteiger partial charge in [-0.2, -0.15) is 0 Å². The molecule has 190 valence electrons. The Hall–Kier alpha value is -3.19. The fourth-order valence-corrected chi connectivity index (χ4v) is 4.28. The summed E-state index contributed by atoms with van der Waals surface area (Å²) in [6, 6.07) is 17.5. The Morgan fingerprint density at radius 3 is 1.80 bits per heavy atom. The molecule has 7 nitrogen and oxygen atoms in total. The van der Waals surface area contributed by atoms with Gasteiger partial charge in [-0.3, -0.25) is 14.4 Å². The van der Waals surface area contributed by atoms with E-state index in [-0.39, 0.29) is 25.4 Å². The molecule has 0 aliphatic heterocycles. The smallest absolute Gasteiger partial charge is 0.325 e. The predicted octanol–water partition coefficient (Wildman–Crippen LogP) is 4.41. The molecule has 7 heteroatoms. The number of ether oxygens (including phenoxy) is 2. The van der Waals surface area contributed by atoms with Crippen LogP contribution < -0.4 is 0 Å². The van der Waals surface area contributed by atoms with Gasteiger partial charge in [0.25, 0.3) is 0 Å². The molecule has 0 saturated heterocycles. The minimum Gasteiger partial charge on any atom is -0.480 e. The molecule has 0 amide bonds. The van der Waals surface area contributed by atoms with E-state index in [0.717, 1.165) is 0 Å². The molecule has 2 atom stereocenters. The van der Waals surface area contributed by atoms with Crippen molar-refractivity contribution in [1.29, 1.82) is 0 Å². The van der Waals surface area contributed by atoms with Gasteiger partial charge < -0.3 is 19.7 Å². The highest BCUT2D eigenvalue weighted by atomic mass is 16.6. The number of aliphatic hydroxyl groups is 1. The van der Waals surface area contributed by atoms with Gasteiger partial charge in [0.1, 0.15) is 17.6 Å². The fourth-order valence-electron chi connectivity index (χ4n) is 4.28. The van der Waals surface area contributed by atoms with Crippen LogP contribution in [0.1, 0.15) is 52.2 Å². The van der Waals surface area contributed by atoms with Gasteiger partial charge >= 0.3 is 17.9 Å². The fraction of sp³-hybridized carbons (Fsp3) is 0.464. The minimum atomic E-state index is -2.40. The van der Waals surface area contributed by atoms with Crippen LogP contribution in [0.2, 0.25) is 0 Å². The quantitative estimate of drug-likeness (QED) is 0.359. The van der Waals surface area contributed by atoms with Crippen molar-refractivity contribution in [2.75, 3.05) is 6.61 Å². The Bertz CT molecular complexity index is 995. The van der Waals surface area contributed by atoms with Crippen LogP contribution in [-0.4, -0.2) is 40.3 Å². The molecule has 2 rings (SSSR count). The molecule has 0 aromatic heterocycles. The van der Waals surface area contributed by atoms with Crippen LogP contribution in [0.15, 0.2) is 60.7 Å². The molecule has 0 aliphatic rings. The van der Waals surface area contributed by atoms with E-state index in [1.165, 1.54) is 0 Å². The maximum Gasteiger partial charge on any atom is 0.325 e. The van der Waals surface area contributed by atoms with Crippen LogP contribution in [0.4, 0.5) is 0 Å². The van der Waals surface area contributed by atoms with Gasteiger partial charge in [0.15, 0.2) is 5.41 Å². The number of carbonyl (C=O) groups is 3. The normalized spacial score (nSPS) is 15.1. The highest BCUT2D eigenvalue weighted by Crippen LogP contribution is 2.49. The van der Waals surface area contributed by atoms with E-state index < -0.39 is 40.9 Å². The summed E-state index contributed by atoms with van der Waals surface area (Å²) < 4.78 is 11.2. The summed E-state index contributed by atoms with van der Waals surface area (Å²) in [6.45, 7) is 7.35. The highest BCUT2D eigenvalue weighted by Gasteiger charge is 2.68. The number of rotatable bonds is 11. The summed E-state index contributed by atoms with van der Waals surface area (Å²) in [5, 5.41) is 21.4. The second-order valence-corrected chi connectivity index (χ2v) is 10.3. The van der Waals surface area contributed by atoms with Gasteiger partial charge in [-0.1, -0.05) is 74.5 Å². The number of hydrogen-bond donors (Lipinski definition) is 2. The third-order valence-electron chi connectivity index (χ3n) is 5.87. The lowest BCUT2D eigenvalue weighted by molar-refractivity contribution is -0.204. The number of carboxylic acid groups (broad SMARTS) is 1. The SMILES string of the molecule is CC(C)C[C@@](C(=O)O)(C(=O)OCc1ccccc1)C(CO)(Cc1ccccc1)C(=O)OC(C)(C)C. The molecule has 0 aliphatic carbocycles. The maximum atomic E-state index is 13.8. The average molecular weight is 485 g/mol. The molecule has 0 fully saturated rings. The van der Waals surface area contributed by atoms with E-state index >= 15 is 0 Å². The predicted molar refractivity (Wildman–Crippen MR) is 131 cm³/mol. The summed E-state index contributed by atoms with van der Waals surface area (Å²) in [4.78, 5) is 40.6. The lowest BCUT2D eigenvalue weighted by Crippen LogP contribution is -2.62. The molecule has 2 aromatic rings. The molecule has 35 heavy (non-hydrogen) atoms. The first-order valence-corrected chi connectivity index (χ1v) is 11.7. The topological polar surface area (TPSA) is 110 Å². The number of aliphatic carboxylic acids is 1. The second kappa shape index (κ2) is 11.5. The van der Waals surface area contributed by atoms with Crippen molar-refractivity contribution in [3.8, 4) is 0 Å². The Kier molecular flexibility index (Phi) is 9.21. The van der Waals surface area contributed by atoms with Crippen molar-refractivity contribution in [3.63, 3.8) is 0 Å². The summed E-state index contributed by atoms with van der Waals surface area (Å²) >= 11 is 0. The van der Waals surface area contributed by atoms with Crippen molar-refractivity contribution < 1.29 is 34.1 Å². The van der Waals surface area contributed by atoms with Crippen molar-refractivity contribution in [3.05, 3.63) is 71.8 Å². The van der Waals surface area contributed by atoms with Crippen LogP contribution >= 0.6 is 0 Å². The Labute approximate surface area is 207 Å².